The molecule has 3 heterocycles. The monoisotopic (exact) mass is 619 g/mol. The number of pyridine rings is 2. The van der Waals surface area contributed by atoms with Gasteiger partial charge in [0.25, 0.3) is 0 Å². The van der Waals surface area contributed by atoms with E-state index in [9.17, 15) is 0 Å². The molecule has 0 unspecified atom stereocenters. The van der Waals surface area contributed by atoms with Crippen LogP contribution >= 0.6 is 0 Å². The van der Waals surface area contributed by atoms with Gasteiger partial charge in [0, 0.05) is 38.6 Å². The van der Waals surface area contributed by atoms with E-state index in [-0.39, 0.29) is 0 Å². The van der Waals surface area contributed by atoms with E-state index in [2.05, 4.69) is 88.4 Å². The van der Waals surface area contributed by atoms with Crippen molar-refractivity contribution in [2.24, 2.45) is 0 Å². The number of hydrogen-bond acceptors (Lipinski definition) is 5. The zero-order chi connectivity index (χ0) is 32.8. The van der Waals surface area contributed by atoms with Gasteiger partial charge in [0.1, 0.15) is 0 Å². The summed E-state index contributed by atoms with van der Waals surface area (Å²) in [6, 6.07) is 43.3. The van der Waals surface area contributed by atoms with E-state index in [1.807, 2.05) is 66.7 Å². The van der Waals surface area contributed by atoms with Gasteiger partial charge < -0.3 is 0 Å². The van der Waals surface area contributed by atoms with Crippen molar-refractivity contribution in [3.63, 3.8) is 0 Å². The molecule has 0 N–H and O–H groups in total. The SMILES string of the molecule is Cc1c(-c2ccccc2)nc2c(ccc3c(C)c(C)c(-c4cccc(-c5nc(-c6ccccc6)nc(-c6ccccc6)n5)c4)nc32)c1C. The van der Waals surface area contributed by atoms with Gasteiger partial charge in [-0.05, 0) is 56.0 Å². The molecule has 5 heteroatoms. The van der Waals surface area contributed by atoms with Crippen LogP contribution in [0.4, 0.5) is 0 Å². The molecule has 48 heavy (non-hydrogen) atoms. The molecule has 8 aromatic rings. The molecule has 8 rings (SSSR count). The fraction of sp³-hybridized carbons (Fsp3) is 0.0930. The van der Waals surface area contributed by atoms with Crippen LogP contribution in [0.25, 0.3) is 78.5 Å². The standard InChI is InChI=1S/C43H33N5/c1-26-28(3)37(30-15-8-5-9-16-30)44-39-35(26)23-24-36-27(2)29(4)38(45-40(36)39)33-21-14-22-34(25-33)43-47-41(31-17-10-6-11-18-31)46-42(48-43)32-19-12-7-13-20-32/h5-25H,1-4H3. The molecule has 0 spiro atoms. The molecule has 0 atom stereocenters. The normalized spacial score (nSPS) is 11.3. The molecule has 0 aliphatic carbocycles. The van der Waals surface area contributed by atoms with E-state index >= 15 is 0 Å². The third-order valence-electron chi connectivity index (χ3n) is 9.38. The Morgan fingerprint density at radius 2 is 0.688 bits per heavy atom. The van der Waals surface area contributed by atoms with Crippen LogP contribution < -0.4 is 0 Å². The lowest BCUT2D eigenvalue weighted by atomic mass is 9.94. The van der Waals surface area contributed by atoms with Gasteiger partial charge in [-0.25, -0.2) is 24.9 Å². The summed E-state index contributed by atoms with van der Waals surface area (Å²) >= 11 is 0. The number of benzene rings is 5. The molecule has 0 saturated carbocycles. The quantitative estimate of drug-likeness (QED) is 0.179. The average molecular weight is 620 g/mol. The van der Waals surface area contributed by atoms with E-state index in [1.54, 1.807) is 0 Å². The first-order valence-corrected chi connectivity index (χ1v) is 16.2. The summed E-state index contributed by atoms with van der Waals surface area (Å²) in [5.74, 6) is 1.89. The number of fused-ring (bicyclic) bond motifs is 3. The fourth-order valence-corrected chi connectivity index (χ4v) is 6.46. The van der Waals surface area contributed by atoms with E-state index < -0.39 is 0 Å². The van der Waals surface area contributed by atoms with Crippen molar-refractivity contribution >= 4 is 21.8 Å². The van der Waals surface area contributed by atoms with Gasteiger partial charge >= 0.3 is 0 Å². The summed E-state index contributed by atoms with van der Waals surface area (Å²) in [5.41, 5.74) is 13.4. The van der Waals surface area contributed by atoms with Crippen LogP contribution in [0, 0.1) is 27.7 Å². The molecule has 0 bridgehead atoms. The predicted octanol–water partition coefficient (Wildman–Crippen LogP) is 10.5. The molecule has 0 fully saturated rings. The Morgan fingerprint density at radius 1 is 0.312 bits per heavy atom. The minimum atomic E-state index is 0.616. The second-order valence-corrected chi connectivity index (χ2v) is 12.3. The third kappa shape index (κ3) is 5.10. The molecule has 0 aliphatic heterocycles. The molecular formula is C43H33N5. The van der Waals surface area contributed by atoms with Crippen LogP contribution in [0.15, 0.2) is 127 Å². The molecule has 3 aromatic heterocycles. The van der Waals surface area contributed by atoms with Gasteiger partial charge in [0.2, 0.25) is 0 Å². The summed E-state index contributed by atoms with van der Waals surface area (Å²) in [7, 11) is 0. The Balaban J connectivity index is 1.32. The summed E-state index contributed by atoms with van der Waals surface area (Å²) in [6.07, 6.45) is 0. The van der Waals surface area contributed by atoms with Crippen LogP contribution in [0.2, 0.25) is 0 Å². The number of hydrogen-bond donors (Lipinski definition) is 0. The second-order valence-electron chi connectivity index (χ2n) is 12.3. The van der Waals surface area contributed by atoms with Gasteiger partial charge in [0.05, 0.1) is 22.4 Å². The highest BCUT2D eigenvalue weighted by Gasteiger charge is 2.19. The summed E-state index contributed by atoms with van der Waals surface area (Å²) in [5, 5.41) is 2.24. The lowest BCUT2D eigenvalue weighted by molar-refractivity contribution is 1.07. The minimum Gasteiger partial charge on any atom is -0.245 e. The maximum atomic E-state index is 5.39. The molecular weight excluding hydrogens is 587 g/mol. The Hall–Kier alpha value is -6.07. The van der Waals surface area contributed by atoms with Crippen LogP contribution in [-0.2, 0) is 0 Å². The first-order chi connectivity index (χ1) is 23.5. The molecule has 0 aliphatic rings. The lowest BCUT2D eigenvalue weighted by Crippen LogP contribution is -2.01. The largest absolute Gasteiger partial charge is 0.245 e. The Kier molecular flexibility index (Phi) is 7.30. The Labute approximate surface area is 280 Å². The highest BCUT2D eigenvalue weighted by molar-refractivity contribution is 6.07. The first-order valence-electron chi connectivity index (χ1n) is 16.2. The topological polar surface area (TPSA) is 64.5 Å². The van der Waals surface area contributed by atoms with Crippen LogP contribution in [0.3, 0.4) is 0 Å². The van der Waals surface area contributed by atoms with Gasteiger partial charge in [-0.3, -0.25) is 0 Å². The van der Waals surface area contributed by atoms with Gasteiger partial charge in [-0.15, -0.1) is 0 Å². The first kappa shape index (κ1) is 29.3. The smallest absolute Gasteiger partial charge is 0.164 e. The molecule has 5 aromatic carbocycles. The van der Waals surface area contributed by atoms with Crippen molar-refractivity contribution in [1.29, 1.82) is 0 Å². The zero-order valence-corrected chi connectivity index (χ0v) is 27.4. The van der Waals surface area contributed by atoms with Crippen molar-refractivity contribution in [2.45, 2.75) is 27.7 Å². The van der Waals surface area contributed by atoms with Crippen LogP contribution in [0.5, 0.6) is 0 Å². The number of aryl methyl sites for hydroxylation is 2. The Morgan fingerprint density at radius 3 is 1.17 bits per heavy atom. The van der Waals surface area contributed by atoms with Gasteiger partial charge in [-0.2, -0.15) is 0 Å². The summed E-state index contributed by atoms with van der Waals surface area (Å²) in [6.45, 7) is 8.68. The van der Waals surface area contributed by atoms with Crippen molar-refractivity contribution < 1.29 is 0 Å². The third-order valence-corrected chi connectivity index (χ3v) is 9.38. The maximum Gasteiger partial charge on any atom is 0.164 e. The molecule has 5 nitrogen and oxygen atoms in total. The van der Waals surface area contributed by atoms with Crippen molar-refractivity contribution in [1.82, 2.24) is 24.9 Å². The number of rotatable bonds is 5. The van der Waals surface area contributed by atoms with E-state index in [1.165, 1.54) is 16.7 Å². The molecule has 230 valence electrons. The second kappa shape index (κ2) is 11.9. The lowest BCUT2D eigenvalue weighted by Gasteiger charge is -2.17. The van der Waals surface area contributed by atoms with E-state index in [0.29, 0.717) is 17.5 Å². The van der Waals surface area contributed by atoms with E-state index in [0.717, 1.165) is 66.6 Å². The highest BCUT2D eigenvalue weighted by Crippen LogP contribution is 2.37. The number of nitrogens with zero attached hydrogens (tertiary/aromatic N) is 5. The van der Waals surface area contributed by atoms with E-state index in [4.69, 9.17) is 24.9 Å². The van der Waals surface area contributed by atoms with Crippen molar-refractivity contribution in [3.8, 4) is 56.7 Å². The van der Waals surface area contributed by atoms with Crippen molar-refractivity contribution in [3.05, 3.63) is 150 Å². The molecule has 0 amide bonds. The molecule has 0 radical (unpaired) electrons. The fourth-order valence-electron chi connectivity index (χ4n) is 6.46. The zero-order valence-electron chi connectivity index (χ0n) is 27.4. The Bertz CT molecular complexity index is 2420. The minimum absolute atomic E-state index is 0.616. The summed E-state index contributed by atoms with van der Waals surface area (Å²) in [4.78, 5) is 25.5. The van der Waals surface area contributed by atoms with Gasteiger partial charge in [-0.1, -0.05) is 121 Å². The predicted molar refractivity (Wildman–Crippen MR) is 197 cm³/mol. The van der Waals surface area contributed by atoms with Crippen molar-refractivity contribution in [2.75, 3.05) is 0 Å². The average Bonchev–Trinajstić information content (AvgIpc) is 3.15. The van der Waals surface area contributed by atoms with Gasteiger partial charge in [0.15, 0.2) is 17.5 Å². The summed E-state index contributed by atoms with van der Waals surface area (Å²) < 4.78 is 0. The van der Waals surface area contributed by atoms with Crippen LogP contribution in [0.1, 0.15) is 22.3 Å². The molecule has 0 saturated heterocycles. The van der Waals surface area contributed by atoms with Crippen LogP contribution in [-0.4, -0.2) is 24.9 Å². The highest BCUT2D eigenvalue weighted by atomic mass is 15.0. The maximum absolute atomic E-state index is 5.39. The number of aromatic nitrogens is 5.